The van der Waals surface area contributed by atoms with Crippen LogP contribution in [0.25, 0.3) is 17.0 Å². The van der Waals surface area contributed by atoms with Gasteiger partial charge in [-0.15, -0.1) is 0 Å². The first-order valence-electron chi connectivity index (χ1n) is 12.5. The van der Waals surface area contributed by atoms with Crippen LogP contribution in [-0.4, -0.2) is 52.1 Å². The van der Waals surface area contributed by atoms with Crippen LogP contribution in [-0.2, 0) is 19.9 Å². The average Bonchev–Trinajstić information content (AvgIpc) is 3.16. The molecule has 0 radical (unpaired) electrons. The zero-order chi connectivity index (χ0) is 22.9. The van der Waals surface area contributed by atoms with E-state index in [1.165, 1.54) is 38.9 Å². The Morgan fingerprint density at radius 1 is 0.912 bits per heavy atom. The van der Waals surface area contributed by atoms with Gasteiger partial charge < -0.3 is 4.57 Å². The quantitative estimate of drug-likeness (QED) is 0.435. The van der Waals surface area contributed by atoms with Gasteiger partial charge in [-0.2, -0.15) is 0 Å². The highest BCUT2D eigenvalue weighted by Gasteiger charge is 2.31. The molecule has 6 rings (SSSR count). The first kappa shape index (κ1) is 21.3. The molecule has 2 aliphatic rings. The number of nitrogens with zero attached hydrogens (tertiary/aromatic N) is 4. The predicted molar refractivity (Wildman–Crippen MR) is 140 cm³/mol. The minimum absolute atomic E-state index is 0.317. The van der Waals surface area contributed by atoms with Crippen molar-refractivity contribution in [1.82, 2.24) is 19.4 Å². The minimum Gasteiger partial charge on any atom is -0.351 e. The third kappa shape index (κ3) is 4.08. The van der Waals surface area contributed by atoms with E-state index < -0.39 is 0 Å². The molecular weight excluding hydrogens is 416 g/mol. The Morgan fingerprint density at radius 2 is 1.76 bits per heavy atom. The molecule has 4 nitrogen and oxygen atoms in total. The van der Waals surface area contributed by atoms with Crippen LogP contribution in [0.15, 0.2) is 79.1 Å². The van der Waals surface area contributed by atoms with Crippen LogP contribution in [0.4, 0.5) is 0 Å². The van der Waals surface area contributed by atoms with Gasteiger partial charge in [0, 0.05) is 63.4 Å². The van der Waals surface area contributed by atoms with Crippen LogP contribution in [0.3, 0.4) is 0 Å². The van der Waals surface area contributed by atoms with Crippen molar-refractivity contribution < 1.29 is 0 Å². The van der Waals surface area contributed by atoms with Crippen molar-refractivity contribution in [3.63, 3.8) is 0 Å². The summed E-state index contributed by atoms with van der Waals surface area (Å²) in [5.41, 5.74) is 8.17. The number of aryl methyl sites for hydroxylation is 3. The van der Waals surface area contributed by atoms with E-state index in [1.807, 2.05) is 6.20 Å². The van der Waals surface area contributed by atoms with Crippen molar-refractivity contribution in [2.24, 2.45) is 7.05 Å². The standard InChI is InChI=1S/C30H32N4/c1-32-17-14-25-11-10-23(22-29(25)32)6-5-16-33-18-20-34(21-19-33)30-26-8-3-2-7-24(26)12-13-28-27(30)9-4-15-31-28/h2-11,14-15,17,22,30H,12-13,16,18-21H2,1H3. The summed E-state index contributed by atoms with van der Waals surface area (Å²) in [6, 6.07) is 22.6. The number of benzene rings is 2. The number of fused-ring (bicyclic) bond motifs is 3. The second-order valence-electron chi connectivity index (χ2n) is 9.62. The maximum absolute atomic E-state index is 4.76. The first-order chi connectivity index (χ1) is 16.8. The molecule has 1 unspecified atom stereocenters. The summed E-state index contributed by atoms with van der Waals surface area (Å²) in [4.78, 5) is 10.0. The van der Waals surface area contributed by atoms with Crippen LogP contribution in [0, 0.1) is 0 Å². The minimum atomic E-state index is 0.317. The number of aromatic nitrogens is 2. The van der Waals surface area contributed by atoms with E-state index in [0.29, 0.717) is 6.04 Å². The van der Waals surface area contributed by atoms with Crippen molar-refractivity contribution in [3.05, 3.63) is 107 Å². The molecule has 0 amide bonds. The van der Waals surface area contributed by atoms with E-state index in [4.69, 9.17) is 4.98 Å². The molecule has 4 heteroatoms. The molecular formula is C30H32N4. The predicted octanol–water partition coefficient (Wildman–Crippen LogP) is 5.09. The van der Waals surface area contributed by atoms with E-state index in [-0.39, 0.29) is 0 Å². The summed E-state index contributed by atoms with van der Waals surface area (Å²) in [6.45, 7) is 5.34. The second-order valence-corrected chi connectivity index (χ2v) is 9.62. The van der Waals surface area contributed by atoms with Gasteiger partial charge in [0.05, 0.1) is 6.04 Å². The third-order valence-electron chi connectivity index (χ3n) is 7.56. The fourth-order valence-corrected chi connectivity index (χ4v) is 5.68. The lowest BCUT2D eigenvalue weighted by Gasteiger charge is -2.40. The lowest BCUT2D eigenvalue weighted by molar-refractivity contribution is 0.117. The number of pyridine rings is 1. The van der Waals surface area contributed by atoms with E-state index in [2.05, 4.69) is 100 Å². The lowest BCUT2D eigenvalue weighted by Crippen LogP contribution is -2.47. The van der Waals surface area contributed by atoms with E-state index >= 15 is 0 Å². The van der Waals surface area contributed by atoms with Gasteiger partial charge in [-0.25, -0.2) is 0 Å². The molecule has 0 bridgehead atoms. The smallest absolute Gasteiger partial charge is 0.0623 e. The molecule has 0 saturated carbocycles. The zero-order valence-corrected chi connectivity index (χ0v) is 19.9. The summed E-state index contributed by atoms with van der Waals surface area (Å²) in [7, 11) is 2.11. The Kier molecular flexibility index (Phi) is 5.78. The fourth-order valence-electron chi connectivity index (χ4n) is 5.68. The van der Waals surface area contributed by atoms with Gasteiger partial charge in [0.15, 0.2) is 0 Å². The number of rotatable bonds is 4. The summed E-state index contributed by atoms with van der Waals surface area (Å²) >= 11 is 0. The normalized spacial score (nSPS) is 19.3. The molecule has 1 aliphatic heterocycles. The maximum atomic E-state index is 4.76. The third-order valence-corrected chi connectivity index (χ3v) is 7.56. The van der Waals surface area contributed by atoms with Crippen molar-refractivity contribution >= 4 is 17.0 Å². The maximum Gasteiger partial charge on any atom is 0.0623 e. The Balaban J connectivity index is 1.15. The number of hydrogen-bond donors (Lipinski definition) is 0. The molecule has 172 valence electrons. The van der Waals surface area contributed by atoms with Crippen LogP contribution < -0.4 is 0 Å². The molecule has 34 heavy (non-hydrogen) atoms. The molecule has 0 N–H and O–H groups in total. The Labute approximate surface area is 202 Å². The van der Waals surface area contributed by atoms with Crippen molar-refractivity contribution in [3.8, 4) is 0 Å². The van der Waals surface area contributed by atoms with Crippen molar-refractivity contribution in [1.29, 1.82) is 0 Å². The van der Waals surface area contributed by atoms with Crippen LogP contribution in [0.5, 0.6) is 0 Å². The molecule has 1 saturated heterocycles. The van der Waals surface area contributed by atoms with Crippen LogP contribution >= 0.6 is 0 Å². The van der Waals surface area contributed by atoms with Gasteiger partial charge in [0.2, 0.25) is 0 Å². The first-order valence-corrected chi connectivity index (χ1v) is 12.5. The summed E-state index contributed by atoms with van der Waals surface area (Å²) in [6.07, 6.45) is 10.8. The van der Waals surface area contributed by atoms with Crippen molar-refractivity contribution in [2.45, 2.75) is 18.9 Å². The highest BCUT2D eigenvalue weighted by molar-refractivity contribution is 5.82. The molecule has 0 spiro atoms. The van der Waals surface area contributed by atoms with E-state index in [0.717, 1.165) is 45.6 Å². The van der Waals surface area contributed by atoms with Crippen LogP contribution in [0.1, 0.15) is 34.0 Å². The Morgan fingerprint density at radius 3 is 2.68 bits per heavy atom. The Bertz CT molecular complexity index is 1280. The van der Waals surface area contributed by atoms with Gasteiger partial charge in [-0.3, -0.25) is 14.8 Å². The summed E-state index contributed by atoms with van der Waals surface area (Å²) in [5.74, 6) is 0. The zero-order valence-electron chi connectivity index (χ0n) is 19.9. The summed E-state index contributed by atoms with van der Waals surface area (Å²) < 4.78 is 2.19. The van der Waals surface area contributed by atoms with E-state index in [9.17, 15) is 0 Å². The summed E-state index contributed by atoms with van der Waals surface area (Å²) in [5, 5.41) is 1.30. The molecule has 2 aromatic heterocycles. The lowest BCUT2D eigenvalue weighted by atomic mass is 9.94. The van der Waals surface area contributed by atoms with Crippen molar-refractivity contribution in [2.75, 3.05) is 32.7 Å². The van der Waals surface area contributed by atoms with Gasteiger partial charge in [0.1, 0.15) is 0 Å². The Hall–Kier alpha value is -3.21. The monoisotopic (exact) mass is 448 g/mol. The molecule has 3 heterocycles. The molecule has 1 aliphatic carbocycles. The number of piperazine rings is 1. The van der Waals surface area contributed by atoms with Gasteiger partial charge in [-0.1, -0.05) is 54.6 Å². The molecule has 1 atom stereocenters. The number of hydrogen-bond acceptors (Lipinski definition) is 3. The molecule has 4 aromatic rings. The fraction of sp³-hybridized carbons (Fsp3) is 0.300. The molecule has 1 fully saturated rings. The second kappa shape index (κ2) is 9.21. The highest BCUT2D eigenvalue weighted by Crippen LogP contribution is 2.36. The highest BCUT2D eigenvalue weighted by atomic mass is 15.3. The topological polar surface area (TPSA) is 24.3 Å². The van der Waals surface area contributed by atoms with Gasteiger partial charge >= 0.3 is 0 Å². The average molecular weight is 449 g/mol. The van der Waals surface area contributed by atoms with Gasteiger partial charge in [-0.05, 0) is 58.7 Å². The molecule has 2 aromatic carbocycles. The van der Waals surface area contributed by atoms with Crippen LogP contribution in [0.2, 0.25) is 0 Å². The largest absolute Gasteiger partial charge is 0.351 e. The van der Waals surface area contributed by atoms with E-state index in [1.54, 1.807) is 0 Å². The SMILES string of the molecule is Cn1ccc2ccc(C=CCN3CCN(C4c5ccccc5CCc5ncccc54)CC3)cc21. The van der Waals surface area contributed by atoms with Gasteiger partial charge in [0.25, 0.3) is 0 Å².